The van der Waals surface area contributed by atoms with E-state index in [1.54, 1.807) is 0 Å². The summed E-state index contributed by atoms with van der Waals surface area (Å²) in [6.07, 6.45) is 0. The summed E-state index contributed by atoms with van der Waals surface area (Å²) in [5.74, 6) is 0.124. The van der Waals surface area contributed by atoms with Crippen molar-refractivity contribution in [2.75, 3.05) is 11.9 Å². The minimum absolute atomic E-state index is 0.0108. The Bertz CT molecular complexity index is 284. The first-order chi connectivity index (χ1) is 6.22. The third-order valence-corrected chi connectivity index (χ3v) is 1.99. The second-order valence-corrected chi connectivity index (χ2v) is 2.98. The van der Waals surface area contributed by atoms with Gasteiger partial charge in [0.25, 0.3) is 0 Å². The summed E-state index contributed by atoms with van der Waals surface area (Å²) in [7, 11) is 0. The minimum atomic E-state index is -0.320. The number of benzene rings is 1. The quantitative estimate of drug-likeness (QED) is 0.762. The van der Waals surface area contributed by atoms with E-state index in [-0.39, 0.29) is 23.5 Å². The minimum Gasteiger partial charge on any atom is -0.486 e. The van der Waals surface area contributed by atoms with Gasteiger partial charge in [0.05, 0.1) is 5.33 Å². The van der Waals surface area contributed by atoms with Crippen LogP contribution in [0.5, 0.6) is 5.75 Å². The van der Waals surface area contributed by atoms with E-state index in [0.717, 1.165) is 0 Å². The first-order valence-corrected chi connectivity index (χ1v) is 4.80. The number of hydrogen-bond acceptors (Lipinski definition) is 2. The highest BCUT2D eigenvalue weighted by atomic mass is 79.9. The maximum absolute atomic E-state index is 12.4. The molecule has 1 aromatic rings. The third-order valence-electron chi connectivity index (χ3n) is 1.36. The molecule has 2 nitrogen and oxygen atoms in total. The van der Waals surface area contributed by atoms with Gasteiger partial charge in [-0.05, 0) is 24.3 Å². The van der Waals surface area contributed by atoms with E-state index in [4.69, 9.17) is 4.74 Å². The molecule has 0 aliphatic carbocycles. The molecule has 0 aromatic heterocycles. The lowest BCUT2D eigenvalue weighted by Crippen LogP contribution is -2.11. The molecule has 0 fully saturated rings. The largest absolute Gasteiger partial charge is 0.486 e. The van der Waals surface area contributed by atoms with Crippen molar-refractivity contribution in [3.05, 3.63) is 30.1 Å². The molecule has 0 aliphatic rings. The molecular formula is C9H8BrFO2. The second kappa shape index (κ2) is 4.97. The molecule has 0 N–H and O–H groups in total. The van der Waals surface area contributed by atoms with Crippen LogP contribution in [0.1, 0.15) is 0 Å². The van der Waals surface area contributed by atoms with Gasteiger partial charge in [-0.2, -0.15) is 0 Å². The lowest BCUT2D eigenvalue weighted by atomic mass is 10.3. The Labute approximate surface area is 83.8 Å². The molecule has 0 spiro atoms. The first-order valence-electron chi connectivity index (χ1n) is 3.68. The highest BCUT2D eigenvalue weighted by molar-refractivity contribution is 9.09. The molecule has 0 bridgehead atoms. The molecule has 0 unspecified atom stereocenters. The van der Waals surface area contributed by atoms with Crippen LogP contribution in [-0.2, 0) is 4.79 Å². The Morgan fingerprint density at radius 1 is 1.38 bits per heavy atom. The zero-order chi connectivity index (χ0) is 9.68. The molecule has 0 amide bonds. The lowest BCUT2D eigenvalue weighted by molar-refractivity contribution is -0.118. The normalized spacial score (nSPS) is 9.69. The zero-order valence-corrected chi connectivity index (χ0v) is 8.38. The number of alkyl halides is 1. The van der Waals surface area contributed by atoms with Crippen molar-refractivity contribution in [1.82, 2.24) is 0 Å². The summed E-state index contributed by atoms with van der Waals surface area (Å²) in [6.45, 7) is 0.0108. The molecule has 70 valence electrons. The van der Waals surface area contributed by atoms with Crippen LogP contribution in [-0.4, -0.2) is 17.7 Å². The molecule has 1 aromatic carbocycles. The molecule has 13 heavy (non-hydrogen) atoms. The maximum atomic E-state index is 12.4. The molecule has 0 heterocycles. The molecule has 1 rings (SSSR count). The second-order valence-electron chi connectivity index (χ2n) is 2.41. The fourth-order valence-corrected chi connectivity index (χ4v) is 0.895. The van der Waals surface area contributed by atoms with Gasteiger partial charge in [0.2, 0.25) is 0 Å². The van der Waals surface area contributed by atoms with Crippen LogP contribution in [0.15, 0.2) is 24.3 Å². The SMILES string of the molecule is O=C(CBr)COc1ccc(F)cc1. The van der Waals surface area contributed by atoms with Crippen molar-refractivity contribution < 1.29 is 13.9 Å². The van der Waals surface area contributed by atoms with E-state index in [1.165, 1.54) is 24.3 Å². The van der Waals surface area contributed by atoms with Crippen molar-refractivity contribution in [2.45, 2.75) is 0 Å². The zero-order valence-electron chi connectivity index (χ0n) is 6.80. The first kappa shape index (κ1) is 10.2. The van der Waals surface area contributed by atoms with E-state index < -0.39 is 0 Å². The Morgan fingerprint density at radius 2 is 2.00 bits per heavy atom. The van der Waals surface area contributed by atoms with Crippen LogP contribution < -0.4 is 4.74 Å². The van der Waals surface area contributed by atoms with Gasteiger partial charge < -0.3 is 4.74 Å². The van der Waals surface area contributed by atoms with Gasteiger partial charge in [0, 0.05) is 0 Å². The van der Waals surface area contributed by atoms with Crippen molar-refractivity contribution in [2.24, 2.45) is 0 Å². The Hall–Kier alpha value is -0.900. The highest BCUT2D eigenvalue weighted by Crippen LogP contribution is 2.10. The van der Waals surface area contributed by atoms with Gasteiger partial charge in [0.1, 0.15) is 18.2 Å². The van der Waals surface area contributed by atoms with Crippen LogP contribution >= 0.6 is 15.9 Å². The summed E-state index contributed by atoms with van der Waals surface area (Å²) < 4.78 is 17.5. The van der Waals surface area contributed by atoms with E-state index >= 15 is 0 Å². The molecule has 0 aliphatic heterocycles. The topological polar surface area (TPSA) is 26.3 Å². The van der Waals surface area contributed by atoms with Gasteiger partial charge in [-0.25, -0.2) is 4.39 Å². The molecule has 4 heteroatoms. The molecule has 0 saturated heterocycles. The van der Waals surface area contributed by atoms with Crippen molar-refractivity contribution >= 4 is 21.7 Å². The van der Waals surface area contributed by atoms with Crippen molar-refractivity contribution in [3.63, 3.8) is 0 Å². The van der Waals surface area contributed by atoms with Crippen molar-refractivity contribution in [1.29, 1.82) is 0 Å². The van der Waals surface area contributed by atoms with Gasteiger partial charge in [0.15, 0.2) is 5.78 Å². The fourth-order valence-electron chi connectivity index (χ4n) is 0.733. The fraction of sp³-hybridized carbons (Fsp3) is 0.222. The molecule has 0 radical (unpaired) electrons. The average Bonchev–Trinajstić information content (AvgIpc) is 2.16. The number of rotatable bonds is 4. The monoisotopic (exact) mass is 246 g/mol. The summed E-state index contributed by atoms with van der Waals surface area (Å²) in [6, 6.07) is 5.54. The maximum Gasteiger partial charge on any atom is 0.180 e. The summed E-state index contributed by atoms with van der Waals surface area (Å²) in [5.41, 5.74) is 0. The number of ether oxygens (including phenoxy) is 1. The van der Waals surface area contributed by atoms with Gasteiger partial charge in [-0.15, -0.1) is 0 Å². The van der Waals surface area contributed by atoms with E-state index in [0.29, 0.717) is 5.75 Å². The average molecular weight is 247 g/mol. The predicted octanol–water partition coefficient (Wildman–Crippen LogP) is 2.17. The lowest BCUT2D eigenvalue weighted by Gasteiger charge is -2.02. The summed E-state index contributed by atoms with van der Waals surface area (Å²) >= 11 is 3.01. The molecular weight excluding hydrogens is 239 g/mol. The number of carbonyl (C=O) groups excluding carboxylic acids is 1. The van der Waals surface area contributed by atoms with E-state index in [9.17, 15) is 9.18 Å². The van der Waals surface area contributed by atoms with Crippen LogP contribution in [0, 0.1) is 5.82 Å². The Morgan fingerprint density at radius 3 is 2.54 bits per heavy atom. The Kier molecular flexibility index (Phi) is 3.89. The van der Waals surface area contributed by atoms with E-state index in [2.05, 4.69) is 15.9 Å². The van der Waals surface area contributed by atoms with Crippen LogP contribution in [0.3, 0.4) is 0 Å². The standard InChI is InChI=1S/C9H8BrFO2/c10-5-8(12)6-13-9-3-1-7(11)2-4-9/h1-4H,5-6H2. The van der Waals surface area contributed by atoms with Crippen LogP contribution in [0.25, 0.3) is 0 Å². The van der Waals surface area contributed by atoms with E-state index in [1.807, 2.05) is 0 Å². The van der Waals surface area contributed by atoms with Crippen LogP contribution in [0.2, 0.25) is 0 Å². The number of hydrogen-bond donors (Lipinski definition) is 0. The van der Waals surface area contributed by atoms with Gasteiger partial charge in [-0.1, -0.05) is 15.9 Å². The van der Waals surface area contributed by atoms with Gasteiger partial charge in [-0.3, -0.25) is 4.79 Å². The number of ketones is 1. The third kappa shape index (κ3) is 3.55. The number of halogens is 2. The highest BCUT2D eigenvalue weighted by Gasteiger charge is 2.00. The summed E-state index contributed by atoms with van der Waals surface area (Å²) in [4.78, 5) is 10.8. The molecule has 0 atom stereocenters. The number of Topliss-reactive ketones (excluding diaryl/α,β-unsaturated/α-hetero) is 1. The van der Waals surface area contributed by atoms with Gasteiger partial charge >= 0.3 is 0 Å². The van der Waals surface area contributed by atoms with Crippen LogP contribution in [0.4, 0.5) is 4.39 Å². The summed E-state index contributed by atoms with van der Waals surface area (Å²) in [5, 5.41) is 0.272. The number of carbonyl (C=O) groups is 1. The predicted molar refractivity (Wildman–Crippen MR) is 50.7 cm³/mol. The Balaban J connectivity index is 2.46. The van der Waals surface area contributed by atoms with Crippen molar-refractivity contribution in [3.8, 4) is 5.75 Å². The smallest absolute Gasteiger partial charge is 0.180 e. The molecule has 0 saturated carbocycles.